The molecule has 0 aliphatic rings. The monoisotopic (exact) mass is 422 g/mol. The molecule has 3 aromatic rings. The van der Waals surface area contributed by atoms with Crippen LogP contribution >= 0.6 is 24.0 Å². The average Bonchev–Trinajstić information content (AvgIpc) is 2.69. The molecule has 0 spiro atoms. The Labute approximate surface area is 175 Å². The van der Waals surface area contributed by atoms with Gasteiger partial charge in [0.25, 0.3) is 0 Å². The molecule has 2 aromatic carbocycles. The summed E-state index contributed by atoms with van der Waals surface area (Å²) in [5, 5.41) is 3.78. The Morgan fingerprint density at radius 3 is 2.29 bits per heavy atom. The molecule has 0 unspecified atom stereocenters. The van der Waals surface area contributed by atoms with Crippen molar-refractivity contribution in [3.8, 4) is 11.5 Å². The first-order valence-electron chi connectivity index (χ1n) is 8.49. The summed E-state index contributed by atoms with van der Waals surface area (Å²) < 4.78 is 24.2. The Morgan fingerprint density at radius 2 is 1.61 bits per heavy atom. The molecule has 0 radical (unpaired) electrons. The Kier molecular flexibility index (Phi) is 8.51. The smallest absolute Gasteiger partial charge is 0.161 e. The van der Waals surface area contributed by atoms with Gasteiger partial charge in [0.1, 0.15) is 17.6 Å². The minimum atomic E-state index is -0.228. The highest BCUT2D eigenvalue weighted by Gasteiger charge is 2.07. The minimum Gasteiger partial charge on any atom is -0.493 e. The quantitative estimate of drug-likeness (QED) is 0.508. The second kappa shape index (κ2) is 10.9. The second-order valence-corrected chi connectivity index (χ2v) is 6.38. The number of nitrogens with one attached hydrogen (secondary N) is 1. The van der Waals surface area contributed by atoms with Crippen LogP contribution in [0, 0.1) is 5.82 Å². The number of hydrogen-bond acceptors (Lipinski definition) is 4. The summed E-state index contributed by atoms with van der Waals surface area (Å²) in [6.07, 6.45) is 1.68. The largest absolute Gasteiger partial charge is 0.493 e. The van der Waals surface area contributed by atoms with Crippen molar-refractivity contribution < 1.29 is 13.9 Å². The second-order valence-electron chi connectivity index (χ2n) is 5.99. The van der Waals surface area contributed by atoms with Crippen LogP contribution < -0.4 is 14.8 Å². The van der Waals surface area contributed by atoms with Gasteiger partial charge in [0, 0.05) is 24.8 Å². The van der Waals surface area contributed by atoms with Gasteiger partial charge in [-0.1, -0.05) is 35.9 Å². The van der Waals surface area contributed by atoms with E-state index in [9.17, 15) is 4.39 Å². The van der Waals surface area contributed by atoms with E-state index in [4.69, 9.17) is 21.1 Å². The van der Waals surface area contributed by atoms with Crippen molar-refractivity contribution in [3.05, 3.63) is 88.5 Å². The molecule has 1 heterocycles. The molecule has 0 aliphatic carbocycles. The van der Waals surface area contributed by atoms with Gasteiger partial charge in [0.05, 0.1) is 7.11 Å². The van der Waals surface area contributed by atoms with Crippen molar-refractivity contribution in [1.29, 1.82) is 0 Å². The highest BCUT2D eigenvalue weighted by atomic mass is 35.5. The molecule has 0 saturated heterocycles. The van der Waals surface area contributed by atoms with E-state index in [1.807, 2.05) is 24.3 Å². The first kappa shape index (κ1) is 22.0. The summed E-state index contributed by atoms with van der Waals surface area (Å²) in [5.41, 5.74) is 3.01. The number of hydrogen-bond donors (Lipinski definition) is 1. The van der Waals surface area contributed by atoms with E-state index in [0.717, 1.165) is 16.7 Å². The lowest BCUT2D eigenvalue weighted by Crippen LogP contribution is -2.12. The van der Waals surface area contributed by atoms with E-state index < -0.39 is 0 Å². The highest BCUT2D eigenvalue weighted by Crippen LogP contribution is 2.29. The maximum atomic E-state index is 12.9. The topological polar surface area (TPSA) is 43.4 Å². The molecule has 1 N–H and O–H groups in total. The van der Waals surface area contributed by atoms with Crippen molar-refractivity contribution in [2.24, 2.45) is 0 Å². The summed E-state index contributed by atoms with van der Waals surface area (Å²) in [6, 6.07) is 15.9. The van der Waals surface area contributed by atoms with Crippen LogP contribution in [0.4, 0.5) is 4.39 Å². The maximum Gasteiger partial charge on any atom is 0.161 e. The zero-order chi connectivity index (χ0) is 19.1. The van der Waals surface area contributed by atoms with Gasteiger partial charge < -0.3 is 14.8 Å². The van der Waals surface area contributed by atoms with Crippen LogP contribution in [0.1, 0.15) is 16.7 Å². The third-order valence-electron chi connectivity index (χ3n) is 3.98. The molecule has 3 rings (SSSR count). The molecule has 0 saturated carbocycles. The number of benzene rings is 2. The zero-order valence-corrected chi connectivity index (χ0v) is 16.9. The molecule has 0 fully saturated rings. The van der Waals surface area contributed by atoms with Gasteiger partial charge in [-0.25, -0.2) is 9.37 Å². The molecule has 0 bridgehead atoms. The van der Waals surface area contributed by atoms with Gasteiger partial charge in [0.2, 0.25) is 0 Å². The SMILES string of the molecule is COc1cc(CNCc2ccc(F)cc2)ccc1OCc1ccc(Cl)nc1.Cl. The lowest BCUT2D eigenvalue weighted by molar-refractivity contribution is 0.284. The van der Waals surface area contributed by atoms with Crippen LogP contribution in [0.3, 0.4) is 0 Å². The van der Waals surface area contributed by atoms with Crippen molar-refractivity contribution in [1.82, 2.24) is 10.3 Å². The maximum absolute atomic E-state index is 12.9. The lowest BCUT2D eigenvalue weighted by atomic mass is 10.2. The van der Waals surface area contributed by atoms with Gasteiger partial charge in [0.15, 0.2) is 11.5 Å². The van der Waals surface area contributed by atoms with Crippen LogP contribution in [0.2, 0.25) is 5.15 Å². The van der Waals surface area contributed by atoms with E-state index in [1.165, 1.54) is 12.1 Å². The van der Waals surface area contributed by atoms with Gasteiger partial charge in [-0.3, -0.25) is 0 Å². The molecule has 0 atom stereocenters. The van der Waals surface area contributed by atoms with Crippen molar-refractivity contribution >= 4 is 24.0 Å². The molecule has 4 nitrogen and oxygen atoms in total. The van der Waals surface area contributed by atoms with Gasteiger partial charge in [-0.05, 0) is 41.5 Å². The number of ether oxygens (including phenoxy) is 2. The minimum absolute atomic E-state index is 0. The summed E-state index contributed by atoms with van der Waals surface area (Å²) in [4.78, 5) is 4.04. The molecule has 7 heteroatoms. The molecule has 0 amide bonds. The number of rotatable bonds is 8. The standard InChI is InChI=1S/C21H20ClFN2O2.ClH/c1-26-20-10-16(12-24-11-15-2-6-18(23)7-3-15)4-8-19(20)27-14-17-5-9-21(22)25-13-17;/h2-10,13,24H,11-12,14H2,1H3;1H. The number of nitrogens with zero attached hydrogens (tertiary/aromatic N) is 1. The average molecular weight is 423 g/mol. The summed E-state index contributed by atoms with van der Waals surface area (Å²) >= 11 is 5.79. The first-order valence-corrected chi connectivity index (χ1v) is 8.87. The Morgan fingerprint density at radius 1 is 0.929 bits per heavy atom. The number of aromatic nitrogens is 1. The third kappa shape index (κ3) is 6.37. The Balaban J connectivity index is 0.00000280. The van der Waals surface area contributed by atoms with E-state index in [2.05, 4.69) is 10.3 Å². The third-order valence-corrected chi connectivity index (χ3v) is 4.21. The Hall–Kier alpha value is -2.34. The Bertz CT molecular complexity index is 875. The van der Waals surface area contributed by atoms with Crippen LogP contribution in [0.15, 0.2) is 60.8 Å². The summed E-state index contributed by atoms with van der Waals surface area (Å²) in [7, 11) is 1.61. The van der Waals surface area contributed by atoms with Gasteiger partial charge in [-0.2, -0.15) is 0 Å². The van der Waals surface area contributed by atoms with Crippen LogP contribution in [-0.4, -0.2) is 12.1 Å². The molecule has 28 heavy (non-hydrogen) atoms. The highest BCUT2D eigenvalue weighted by molar-refractivity contribution is 6.29. The first-order chi connectivity index (χ1) is 13.1. The summed E-state index contributed by atoms with van der Waals surface area (Å²) in [5.74, 6) is 1.10. The van der Waals surface area contributed by atoms with Crippen molar-refractivity contribution in [2.45, 2.75) is 19.7 Å². The fourth-order valence-corrected chi connectivity index (χ4v) is 2.66. The lowest BCUT2D eigenvalue weighted by Gasteiger charge is -2.13. The zero-order valence-electron chi connectivity index (χ0n) is 15.3. The van der Waals surface area contributed by atoms with Crippen molar-refractivity contribution in [3.63, 3.8) is 0 Å². The molecule has 0 aliphatic heterocycles. The van der Waals surface area contributed by atoms with E-state index in [1.54, 1.807) is 31.5 Å². The molecular weight excluding hydrogens is 402 g/mol. The van der Waals surface area contributed by atoms with E-state index >= 15 is 0 Å². The van der Waals surface area contributed by atoms with Crippen molar-refractivity contribution in [2.75, 3.05) is 7.11 Å². The predicted molar refractivity (Wildman–Crippen MR) is 111 cm³/mol. The fraction of sp³-hybridized carbons (Fsp3) is 0.190. The van der Waals surface area contributed by atoms with E-state index in [-0.39, 0.29) is 18.2 Å². The van der Waals surface area contributed by atoms with Crippen LogP contribution in [0.25, 0.3) is 0 Å². The van der Waals surface area contributed by atoms with Crippen LogP contribution in [-0.2, 0) is 19.7 Å². The predicted octanol–water partition coefficient (Wildman–Crippen LogP) is 5.17. The van der Waals surface area contributed by atoms with Crippen LogP contribution in [0.5, 0.6) is 11.5 Å². The number of pyridine rings is 1. The van der Waals surface area contributed by atoms with Gasteiger partial charge in [-0.15, -0.1) is 12.4 Å². The summed E-state index contributed by atoms with van der Waals surface area (Å²) in [6.45, 7) is 1.70. The molecule has 148 valence electrons. The molecular formula is C21H21Cl2FN2O2. The number of methoxy groups -OCH3 is 1. The van der Waals surface area contributed by atoms with E-state index in [0.29, 0.717) is 36.3 Å². The fourth-order valence-electron chi connectivity index (χ4n) is 2.55. The van der Waals surface area contributed by atoms with Gasteiger partial charge >= 0.3 is 0 Å². The molecule has 1 aromatic heterocycles. The number of halogens is 3. The normalized spacial score (nSPS) is 10.2.